The maximum absolute atomic E-state index is 11.0. The highest BCUT2D eigenvalue weighted by Crippen LogP contribution is 2.46. The fourth-order valence-electron chi connectivity index (χ4n) is 5.63. The second kappa shape index (κ2) is 10.8. The van der Waals surface area contributed by atoms with Crippen molar-refractivity contribution in [2.75, 3.05) is 47.0 Å². The number of anilines is 4. The Morgan fingerprint density at radius 2 is 1.32 bits per heavy atom. The summed E-state index contributed by atoms with van der Waals surface area (Å²) in [6, 6.07) is 8.31. The van der Waals surface area contributed by atoms with Gasteiger partial charge in [-0.1, -0.05) is 7.43 Å². The number of pyridine rings is 2. The third-order valence-electron chi connectivity index (χ3n) is 7.93. The van der Waals surface area contributed by atoms with E-state index in [4.69, 9.17) is 5.73 Å². The molecule has 0 spiro atoms. The molecule has 4 atom stereocenters. The van der Waals surface area contributed by atoms with Gasteiger partial charge in [0.25, 0.3) is 0 Å². The van der Waals surface area contributed by atoms with Crippen LogP contribution in [-0.2, 0) is 4.79 Å². The Morgan fingerprint density at radius 1 is 0.825 bits per heavy atom. The Morgan fingerprint density at radius 3 is 1.75 bits per heavy atom. The van der Waals surface area contributed by atoms with Crippen LogP contribution in [0.1, 0.15) is 27.2 Å². The number of carbonyl (C=O) groups excluding carboxylic acids is 1. The first-order valence-electron chi connectivity index (χ1n) is 13.4. The summed E-state index contributed by atoms with van der Waals surface area (Å²) in [6.45, 7) is 6.15. The molecule has 2 aliphatic carbocycles. The van der Waals surface area contributed by atoms with Crippen LogP contribution in [-0.4, -0.2) is 52.0 Å². The van der Waals surface area contributed by atoms with Gasteiger partial charge in [-0.25, -0.2) is 19.9 Å². The molecule has 2 saturated carbocycles. The molecule has 0 aromatic carbocycles. The van der Waals surface area contributed by atoms with Crippen LogP contribution in [0.3, 0.4) is 0 Å². The number of carbonyl (C=O) groups is 1. The van der Waals surface area contributed by atoms with Gasteiger partial charge in [0.15, 0.2) is 0 Å². The lowest BCUT2D eigenvalue weighted by molar-refractivity contribution is -0.114. The van der Waals surface area contributed by atoms with E-state index in [0.717, 1.165) is 69.5 Å². The van der Waals surface area contributed by atoms with Crippen molar-refractivity contribution in [3.05, 3.63) is 47.4 Å². The number of nitrogen functional groups attached to an aromatic ring is 1. The first-order valence-corrected chi connectivity index (χ1v) is 15.1. The number of aromatic nitrogens is 4. The van der Waals surface area contributed by atoms with E-state index in [1.54, 1.807) is 11.3 Å². The van der Waals surface area contributed by atoms with Gasteiger partial charge in [0.05, 0.1) is 0 Å². The molecule has 11 heteroatoms. The van der Waals surface area contributed by atoms with Crippen molar-refractivity contribution in [3.63, 3.8) is 0 Å². The maximum Gasteiger partial charge on any atom is 0.222 e. The fourth-order valence-corrected chi connectivity index (χ4v) is 7.08. The molecule has 4 aromatic rings. The number of amides is 1. The lowest BCUT2D eigenvalue weighted by atomic mass is 10.3. The van der Waals surface area contributed by atoms with Crippen LogP contribution in [0.4, 0.5) is 23.3 Å². The van der Waals surface area contributed by atoms with Crippen LogP contribution < -0.4 is 20.9 Å². The quantitative estimate of drug-likeness (QED) is 0.321. The van der Waals surface area contributed by atoms with Crippen LogP contribution in [0, 0.1) is 23.7 Å². The number of thiazole rings is 2. The Kier molecular flexibility index (Phi) is 7.18. The minimum absolute atomic E-state index is 0. The number of piperidine rings is 2. The molecule has 8 rings (SSSR count). The third kappa shape index (κ3) is 5.66. The van der Waals surface area contributed by atoms with Crippen molar-refractivity contribution in [1.29, 1.82) is 0 Å². The average molecular weight is 575 g/mol. The van der Waals surface area contributed by atoms with Crippen molar-refractivity contribution in [1.82, 2.24) is 19.9 Å². The molecule has 2 saturated heterocycles. The number of nitrogens with one attached hydrogen (secondary N) is 1. The topological polar surface area (TPSA) is 113 Å². The molecule has 4 fully saturated rings. The van der Waals surface area contributed by atoms with Gasteiger partial charge in [-0.15, -0.1) is 22.7 Å². The summed E-state index contributed by atoms with van der Waals surface area (Å²) in [5.74, 6) is 6.92. The van der Waals surface area contributed by atoms with Gasteiger partial charge in [0, 0.05) is 67.4 Å². The Balaban J connectivity index is 0.000000143. The fraction of sp³-hybridized carbons (Fsp3) is 0.414. The van der Waals surface area contributed by atoms with Crippen LogP contribution in [0.2, 0.25) is 0 Å². The summed E-state index contributed by atoms with van der Waals surface area (Å²) in [5.41, 5.74) is 7.67. The van der Waals surface area contributed by atoms with E-state index in [0.29, 0.717) is 11.6 Å². The Labute approximate surface area is 242 Å². The van der Waals surface area contributed by atoms with E-state index >= 15 is 0 Å². The van der Waals surface area contributed by atoms with Crippen molar-refractivity contribution in [2.24, 2.45) is 23.7 Å². The molecule has 2 aliphatic heterocycles. The van der Waals surface area contributed by atoms with Crippen molar-refractivity contribution >= 4 is 51.9 Å². The van der Waals surface area contributed by atoms with E-state index in [9.17, 15) is 4.79 Å². The lowest BCUT2D eigenvalue weighted by Gasteiger charge is -2.18. The van der Waals surface area contributed by atoms with Gasteiger partial charge in [-0.3, -0.25) is 4.79 Å². The number of hydrogen-bond donors (Lipinski definition) is 2. The zero-order valence-electron chi connectivity index (χ0n) is 21.7. The highest BCUT2D eigenvalue weighted by Gasteiger charge is 2.46. The van der Waals surface area contributed by atoms with Gasteiger partial charge in [0.1, 0.15) is 33.3 Å². The predicted molar refractivity (Wildman–Crippen MR) is 164 cm³/mol. The minimum Gasteiger partial charge on any atom is -0.383 e. The van der Waals surface area contributed by atoms with E-state index in [2.05, 4.69) is 59.3 Å². The Bertz CT molecular complexity index is 1460. The predicted octanol–water partition coefficient (Wildman–Crippen LogP) is 5.50. The second-order valence-electron chi connectivity index (χ2n) is 10.9. The van der Waals surface area contributed by atoms with Gasteiger partial charge in [0.2, 0.25) is 5.91 Å². The van der Waals surface area contributed by atoms with E-state index in [1.807, 2.05) is 23.2 Å². The largest absolute Gasteiger partial charge is 0.383 e. The molecule has 4 aliphatic rings. The number of fused-ring (bicyclic) bond motifs is 2. The summed E-state index contributed by atoms with van der Waals surface area (Å²) in [7, 11) is 0. The van der Waals surface area contributed by atoms with Gasteiger partial charge in [-0.2, -0.15) is 0 Å². The summed E-state index contributed by atoms with van der Waals surface area (Å²) in [4.78, 5) is 33.6. The van der Waals surface area contributed by atoms with Gasteiger partial charge in [-0.05, 0) is 60.8 Å². The standard InChI is InChI=1S/C15H16N4OS.C13H14N4S.CH4/c1-9(20)17-13-8-21-15(18-13)10-2-3-14(16-5-10)19-6-11-4-12(11)7-19;14-11-7-18-13(16-11)8-1-2-12(15-4-8)17-5-9-3-10(9)6-17;/h2-3,5,8,11-12H,4,6-7H2,1H3,(H,17,20);1-2,4,7,9-10H,3,5-6,14H2;1H4. The van der Waals surface area contributed by atoms with E-state index in [1.165, 1.54) is 44.2 Å². The van der Waals surface area contributed by atoms with Gasteiger partial charge >= 0.3 is 0 Å². The normalized spacial score (nSPS) is 23.4. The molecule has 4 unspecified atom stereocenters. The minimum atomic E-state index is -0.104. The molecule has 0 radical (unpaired) electrons. The van der Waals surface area contributed by atoms with Crippen LogP contribution in [0.25, 0.3) is 21.1 Å². The molecule has 3 N–H and O–H groups in total. The second-order valence-corrected chi connectivity index (χ2v) is 12.6. The lowest BCUT2D eigenvalue weighted by Crippen LogP contribution is -2.22. The monoisotopic (exact) mass is 574 g/mol. The molecular weight excluding hydrogens is 541 g/mol. The molecule has 208 valence electrons. The molecule has 1 amide bonds. The molecule has 6 heterocycles. The summed E-state index contributed by atoms with van der Waals surface area (Å²) >= 11 is 3.07. The highest BCUT2D eigenvalue weighted by atomic mass is 32.1. The Hall–Kier alpha value is -3.57. The molecular formula is C29H34N8OS2. The smallest absolute Gasteiger partial charge is 0.222 e. The molecule has 0 bridgehead atoms. The number of hydrogen-bond acceptors (Lipinski definition) is 10. The maximum atomic E-state index is 11.0. The van der Waals surface area contributed by atoms with E-state index < -0.39 is 0 Å². The highest BCUT2D eigenvalue weighted by molar-refractivity contribution is 7.13. The van der Waals surface area contributed by atoms with Crippen molar-refractivity contribution < 1.29 is 4.79 Å². The third-order valence-corrected chi connectivity index (χ3v) is 9.73. The van der Waals surface area contributed by atoms with Crippen LogP contribution in [0.5, 0.6) is 0 Å². The zero-order valence-corrected chi connectivity index (χ0v) is 23.3. The molecule has 4 aromatic heterocycles. The number of nitrogens with two attached hydrogens (primary N) is 1. The SMILES string of the molecule is C.CC(=O)Nc1csc(-c2ccc(N3CC4CC4C3)nc2)n1.Nc1csc(-c2ccc(N3CC4CC4C3)nc2)n1. The van der Waals surface area contributed by atoms with Crippen molar-refractivity contribution in [2.45, 2.75) is 27.2 Å². The van der Waals surface area contributed by atoms with E-state index in [-0.39, 0.29) is 13.3 Å². The van der Waals surface area contributed by atoms with Gasteiger partial charge < -0.3 is 20.9 Å². The molecule has 40 heavy (non-hydrogen) atoms. The van der Waals surface area contributed by atoms with Crippen molar-refractivity contribution in [3.8, 4) is 21.1 Å². The number of rotatable bonds is 5. The first kappa shape index (κ1) is 26.6. The first-order chi connectivity index (χ1) is 19.0. The summed E-state index contributed by atoms with van der Waals surface area (Å²) < 4.78 is 0. The molecule has 9 nitrogen and oxygen atoms in total. The summed E-state index contributed by atoms with van der Waals surface area (Å²) in [6.07, 6.45) is 6.60. The number of nitrogens with zero attached hydrogens (tertiary/aromatic N) is 6. The van der Waals surface area contributed by atoms with Crippen LogP contribution in [0.15, 0.2) is 47.4 Å². The van der Waals surface area contributed by atoms with Crippen LogP contribution >= 0.6 is 22.7 Å². The summed E-state index contributed by atoms with van der Waals surface area (Å²) in [5, 5.41) is 8.21. The average Bonchev–Trinajstić information content (AvgIpc) is 3.50. The zero-order chi connectivity index (χ0) is 26.5.